The maximum atomic E-state index is 13.0. The van der Waals surface area contributed by atoms with Crippen LogP contribution in [0.25, 0.3) is 0 Å². The van der Waals surface area contributed by atoms with Crippen LogP contribution in [0.15, 0.2) is 0 Å². The maximum absolute atomic E-state index is 13.0. The number of phosphoric acid groups is 1. The van der Waals surface area contributed by atoms with E-state index in [0.717, 1.165) is 38.5 Å². The molecule has 0 saturated carbocycles. The van der Waals surface area contributed by atoms with Gasteiger partial charge in [0.2, 0.25) is 5.91 Å². The first-order chi connectivity index (χ1) is 30.5. The Labute approximate surface area is 393 Å². The number of hydrogen-bond donors (Lipinski definition) is 3. The van der Waals surface area contributed by atoms with Gasteiger partial charge in [-0.2, -0.15) is 0 Å². The normalized spacial score (nSPS) is 14.0. The van der Waals surface area contributed by atoms with Gasteiger partial charge < -0.3 is 19.8 Å². The SMILES string of the molecule is CCCCCCCCCCCCCCCCCCCCCCCC(O)C(COP(=O)(O)OCC[N+](C)(C)C)NC(=O)CCCCCCCCCCCCCCCCCCCCCC. The molecule has 0 heterocycles. The van der Waals surface area contributed by atoms with Crippen LogP contribution >= 0.6 is 7.82 Å². The number of phosphoric ester groups is 1. The second kappa shape index (κ2) is 46.6. The average Bonchev–Trinajstić information content (AvgIpc) is 3.24. The highest BCUT2D eigenvalue weighted by Crippen LogP contribution is 2.43. The Balaban J connectivity index is 4.16. The quantitative estimate of drug-likeness (QED) is 0.0319. The lowest BCUT2D eigenvalue weighted by Crippen LogP contribution is -2.46. The number of unbranched alkanes of at least 4 members (excludes halogenated alkanes) is 39. The van der Waals surface area contributed by atoms with E-state index in [4.69, 9.17) is 9.05 Å². The Bertz CT molecular complexity index is 994. The fourth-order valence-corrected chi connectivity index (χ4v) is 9.43. The molecule has 0 saturated heterocycles. The molecule has 3 N–H and O–H groups in total. The molecule has 0 aromatic carbocycles. The lowest BCUT2D eigenvalue weighted by Gasteiger charge is -2.26. The zero-order valence-corrected chi connectivity index (χ0v) is 44.0. The van der Waals surface area contributed by atoms with Crippen molar-refractivity contribution in [2.45, 2.75) is 302 Å². The van der Waals surface area contributed by atoms with E-state index in [1.807, 2.05) is 21.1 Å². The summed E-state index contributed by atoms with van der Waals surface area (Å²) >= 11 is 0. The summed E-state index contributed by atoms with van der Waals surface area (Å²) in [4.78, 5) is 23.3. The van der Waals surface area contributed by atoms with E-state index < -0.39 is 20.0 Å². The highest BCUT2D eigenvalue weighted by molar-refractivity contribution is 7.47. The van der Waals surface area contributed by atoms with Crippen molar-refractivity contribution in [3.8, 4) is 0 Å². The molecule has 1 amide bonds. The Kier molecular flexibility index (Phi) is 46.2. The Hall–Kier alpha value is -0.500. The van der Waals surface area contributed by atoms with Crippen molar-refractivity contribution in [1.29, 1.82) is 0 Å². The van der Waals surface area contributed by atoms with Gasteiger partial charge >= 0.3 is 7.82 Å². The van der Waals surface area contributed by atoms with Crippen LogP contribution in [0.4, 0.5) is 0 Å². The van der Waals surface area contributed by atoms with E-state index in [1.165, 1.54) is 225 Å². The van der Waals surface area contributed by atoms with Crippen molar-refractivity contribution in [1.82, 2.24) is 5.32 Å². The van der Waals surface area contributed by atoms with Crippen molar-refractivity contribution in [2.75, 3.05) is 40.9 Å². The number of likely N-dealkylation sites (N-methyl/N-ethyl adjacent to an activating group) is 1. The third kappa shape index (κ3) is 49.2. The summed E-state index contributed by atoms with van der Waals surface area (Å²) in [6.45, 7) is 4.94. The number of aliphatic hydroxyl groups excluding tert-OH is 1. The second-order valence-corrected chi connectivity index (χ2v) is 22.1. The van der Waals surface area contributed by atoms with E-state index >= 15 is 0 Å². The molecular formula is C54H112N2O6P+. The van der Waals surface area contributed by atoms with Gasteiger partial charge in [-0.25, -0.2) is 4.57 Å². The average molecular weight is 916 g/mol. The zero-order valence-electron chi connectivity index (χ0n) is 43.1. The molecule has 63 heavy (non-hydrogen) atoms. The van der Waals surface area contributed by atoms with E-state index in [9.17, 15) is 19.4 Å². The monoisotopic (exact) mass is 916 g/mol. The number of aliphatic hydroxyl groups is 1. The van der Waals surface area contributed by atoms with Crippen molar-refractivity contribution < 1.29 is 32.9 Å². The summed E-state index contributed by atoms with van der Waals surface area (Å²) in [6, 6.07) is -0.754. The van der Waals surface area contributed by atoms with Crippen LogP contribution in [0, 0.1) is 0 Å². The molecule has 3 atom stereocenters. The van der Waals surface area contributed by atoms with Gasteiger partial charge in [0.25, 0.3) is 0 Å². The smallest absolute Gasteiger partial charge is 0.391 e. The molecular weight excluding hydrogens is 804 g/mol. The first kappa shape index (κ1) is 62.5. The largest absolute Gasteiger partial charge is 0.472 e. The van der Waals surface area contributed by atoms with Crippen LogP contribution < -0.4 is 5.32 Å². The van der Waals surface area contributed by atoms with E-state index in [-0.39, 0.29) is 19.1 Å². The van der Waals surface area contributed by atoms with Gasteiger partial charge in [-0.1, -0.05) is 271 Å². The number of carbonyl (C=O) groups excluding carboxylic acids is 1. The number of quaternary nitrogens is 1. The zero-order chi connectivity index (χ0) is 46.4. The molecule has 0 radical (unpaired) electrons. The molecule has 0 bridgehead atoms. The standard InChI is InChI=1S/C54H111N2O6P/c1-6-8-10-12-14-16-18-20-22-24-26-28-29-31-33-35-37-39-41-43-45-47-53(57)52(51-62-63(59,60)61-50-49-56(3,4)5)55-54(58)48-46-44-42-40-38-36-34-32-30-27-25-23-21-19-17-15-13-11-9-7-2/h52-53,57H,6-51H2,1-5H3,(H-,55,58,59,60)/p+1. The van der Waals surface area contributed by atoms with Gasteiger partial charge in [0.1, 0.15) is 13.2 Å². The first-order valence-corrected chi connectivity index (χ1v) is 29.4. The van der Waals surface area contributed by atoms with Gasteiger partial charge in [0, 0.05) is 6.42 Å². The summed E-state index contributed by atoms with van der Waals surface area (Å²) in [6.07, 6.45) is 54.3. The van der Waals surface area contributed by atoms with E-state index in [0.29, 0.717) is 23.9 Å². The highest BCUT2D eigenvalue weighted by atomic mass is 31.2. The molecule has 0 spiro atoms. The molecule has 3 unspecified atom stereocenters. The van der Waals surface area contributed by atoms with Crippen molar-refractivity contribution in [3.05, 3.63) is 0 Å². The molecule has 0 aromatic rings. The van der Waals surface area contributed by atoms with Gasteiger partial charge in [-0.3, -0.25) is 13.8 Å². The minimum atomic E-state index is -4.32. The topological polar surface area (TPSA) is 105 Å². The molecule has 0 aliphatic heterocycles. The number of hydrogen-bond acceptors (Lipinski definition) is 5. The van der Waals surface area contributed by atoms with Gasteiger partial charge in [0.05, 0.1) is 39.9 Å². The van der Waals surface area contributed by atoms with Crippen molar-refractivity contribution in [3.63, 3.8) is 0 Å². The summed E-state index contributed by atoms with van der Waals surface area (Å²) in [5, 5.41) is 14.1. The molecule has 378 valence electrons. The predicted octanol–water partition coefficient (Wildman–Crippen LogP) is 16.5. The number of nitrogens with zero attached hydrogens (tertiary/aromatic N) is 1. The van der Waals surface area contributed by atoms with Crippen LogP contribution in [0.2, 0.25) is 0 Å². The Morgan fingerprint density at radius 1 is 0.476 bits per heavy atom. The van der Waals surface area contributed by atoms with Crippen LogP contribution in [-0.4, -0.2) is 73.4 Å². The second-order valence-electron chi connectivity index (χ2n) is 20.7. The Morgan fingerprint density at radius 3 is 1.06 bits per heavy atom. The van der Waals surface area contributed by atoms with Gasteiger partial charge in [-0.15, -0.1) is 0 Å². The van der Waals surface area contributed by atoms with Gasteiger partial charge in [0.15, 0.2) is 0 Å². The summed E-state index contributed by atoms with van der Waals surface area (Å²) < 4.78 is 23.8. The highest BCUT2D eigenvalue weighted by Gasteiger charge is 2.28. The minimum absolute atomic E-state index is 0.0791. The number of amides is 1. The fraction of sp³-hybridized carbons (Fsp3) is 0.981. The summed E-state index contributed by atoms with van der Waals surface area (Å²) in [7, 11) is 1.64. The number of nitrogens with one attached hydrogen (secondary N) is 1. The molecule has 0 aliphatic carbocycles. The molecule has 9 heteroatoms. The van der Waals surface area contributed by atoms with Crippen LogP contribution in [0.1, 0.15) is 290 Å². The van der Waals surface area contributed by atoms with E-state index in [1.54, 1.807) is 0 Å². The lowest BCUT2D eigenvalue weighted by molar-refractivity contribution is -0.870. The summed E-state index contributed by atoms with van der Waals surface area (Å²) in [5.41, 5.74) is 0. The fourth-order valence-electron chi connectivity index (χ4n) is 8.70. The maximum Gasteiger partial charge on any atom is 0.472 e. The van der Waals surface area contributed by atoms with Crippen molar-refractivity contribution >= 4 is 13.7 Å². The first-order valence-electron chi connectivity index (χ1n) is 27.9. The minimum Gasteiger partial charge on any atom is -0.391 e. The van der Waals surface area contributed by atoms with Crippen molar-refractivity contribution in [2.24, 2.45) is 0 Å². The van der Waals surface area contributed by atoms with Crippen LogP contribution in [-0.2, 0) is 18.4 Å². The van der Waals surface area contributed by atoms with Gasteiger partial charge in [-0.05, 0) is 12.8 Å². The van der Waals surface area contributed by atoms with Crippen LogP contribution in [0.3, 0.4) is 0 Å². The molecule has 0 aromatic heterocycles. The molecule has 0 rings (SSSR count). The Morgan fingerprint density at radius 2 is 0.762 bits per heavy atom. The predicted molar refractivity (Wildman–Crippen MR) is 272 cm³/mol. The van der Waals surface area contributed by atoms with Crippen LogP contribution in [0.5, 0.6) is 0 Å². The molecule has 0 fully saturated rings. The third-order valence-electron chi connectivity index (χ3n) is 13.1. The molecule has 0 aliphatic rings. The summed E-state index contributed by atoms with van der Waals surface area (Å²) in [5.74, 6) is -0.136. The number of carbonyl (C=O) groups is 1. The van der Waals surface area contributed by atoms with E-state index in [2.05, 4.69) is 19.2 Å². The number of rotatable bonds is 52. The third-order valence-corrected chi connectivity index (χ3v) is 14.1. The molecule has 8 nitrogen and oxygen atoms in total. The lowest BCUT2D eigenvalue weighted by atomic mass is 10.0.